The molecule has 0 heterocycles. The lowest BCUT2D eigenvalue weighted by Gasteiger charge is -2.31. The molecule has 196 valence electrons. The van der Waals surface area contributed by atoms with Crippen LogP contribution in [-0.4, -0.2) is 49.4 Å². The molecule has 2 aromatic rings. The van der Waals surface area contributed by atoms with Gasteiger partial charge in [-0.25, -0.2) is 0 Å². The van der Waals surface area contributed by atoms with E-state index >= 15 is 0 Å². The maximum absolute atomic E-state index is 13.2. The Morgan fingerprint density at radius 3 is 1.17 bits per heavy atom. The number of aliphatic carboxylic acids is 2. The van der Waals surface area contributed by atoms with Crippen LogP contribution in [-0.2, 0) is 14.4 Å². The van der Waals surface area contributed by atoms with Gasteiger partial charge in [0.15, 0.2) is 5.78 Å². The number of rotatable bonds is 14. The first-order chi connectivity index (χ1) is 16.7. The first-order valence-corrected chi connectivity index (χ1v) is 12.3. The van der Waals surface area contributed by atoms with Gasteiger partial charge in [-0.3, -0.25) is 14.4 Å². The Morgan fingerprint density at radius 1 is 0.611 bits per heavy atom. The van der Waals surface area contributed by atoms with Gasteiger partial charge in [0.1, 0.15) is 11.8 Å². The van der Waals surface area contributed by atoms with Gasteiger partial charge in [-0.05, 0) is 64.5 Å². The molecule has 36 heavy (non-hydrogen) atoms. The van der Waals surface area contributed by atoms with Gasteiger partial charge in [0.05, 0.1) is 11.2 Å². The minimum Gasteiger partial charge on any atom is -0.481 e. The number of hydrogen-bond donors (Lipinski definition) is 4. The molecule has 4 N–H and O–H groups in total. The average Bonchev–Trinajstić information content (AvgIpc) is 2.78. The molecule has 0 spiro atoms. The second-order valence-electron chi connectivity index (χ2n) is 10.6. The maximum Gasteiger partial charge on any atom is 0.314 e. The highest BCUT2D eigenvalue weighted by atomic mass is 16.4. The van der Waals surface area contributed by atoms with Crippen LogP contribution in [0.15, 0.2) is 60.7 Å². The van der Waals surface area contributed by atoms with Crippen molar-refractivity contribution in [2.45, 2.75) is 76.4 Å². The summed E-state index contributed by atoms with van der Waals surface area (Å²) in [4.78, 5) is 37.4. The van der Waals surface area contributed by atoms with Gasteiger partial charge in [-0.2, -0.15) is 0 Å². The molecule has 0 aliphatic heterocycles. The summed E-state index contributed by atoms with van der Waals surface area (Å²) in [6.45, 7) is 6.51. The van der Waals surface area contributed by atoms with E-state index in [9.17, 15) is 34.8 Å². The number of Topliss-reactive ketones (excluding diaryl/α,β-unsaturated/α-hetero) is 1. The van der Waals surface area contributed by atoms with Crippen LogP contribution in [0, 0.1) is 11.8 Å². The Morgan fingerprint density at radius 2 is 0.917 bits per heavy atom. The summed E-state index contributed by atoms with van der Waals surface area (Å²) in [5.41, 5.74) is -0.718. The summed E-state index contributed by atoms with van der Waals surface area (Å²) in [5.74, 6) is -7.52. The van der Waals surface area contributed by atoms with Gasteiger partial charge in [0.25, 0.3) is 0 Å². The first-order valence-electron chi connectivity index (χ1n) is 12.3. The second-order valence-corrected chi connectivity index (χ2v) is 10.6. The fourth-order valence-electron chi connectivity index (χ4n) is 4.91. The minimum atomic E-state index is -1.52. The van der Waals surface area contributed by atoms with E-state index < -0.39 is 52.6 Å². The van der Waals surface area contributed by atoms with Crippen LogP contribution in [0.4, 0.5) is 0 Å². The van der Waals surface area contributed by atoms with E-state index in [-0.39, 0.29) is 25.7 Å². The van der Waals surface area contributed by atoms with E-state index in [4.69, 9.17) is 0 Å². The molecule has 0 radical (unpaired) electrons. The standard InChI is InChI=1S/C29H38O7/c1-28(2,35)23(19-11-7-5-8-12-19)17-15-21(26(31)32)25(30)22(27(33)34)16-18-24(29(3,4)36)20-13-9-6-10-14-20/h5-14,21-24,35-36H,15-18H2,1-4H3,(H,31,32)(H,33,34). The van der Waals surface area contributed by atoms with Gasteiger partial charge in [0.2, 0.25) is 0 Å². The Kier molecular flexibility index (Phi) is 9.96. The van der Waals surface area contributed by atoms with Gasteiger partial charge in [-0.1, -0.05) is 60.7 Å². The summed E-state index contributed by atoms with van der Waals surface area (Å²) in [5, 5.41) is 41.1. The summed E-state index contributed by atoms with van der Waals surface area (Å²) in [6, 6.07) is 18.3. The summed E-state index contributed by atoms with van der Waals surface area (Å²) in [7, 11) is 0. The topological polar surface area (TPSA) is 132 Å². The van der Waals surface area contributed by atoms with Crippen LogP contribution >= 0.6 is 0 Å². The monoisotopic (exact) mass is 498 g/mol. The maximum atomic E-state index is 13.2. The summed E-state index contributed by atoms with van der Waals surface area (Å²) >= 11 is 0. The van der Waals surface area contributed by atoms with Crippen molar-refractivity contribution in [1.82, 2.24) is 0 Å². The smallest absolute Gasteiger partial charge is 0.314 e. The number of carboxylic acids is 2. The summed E-state index contributed by atoms with van der Waals surface area (Å²) in [6.07, 6.45) is 0.182. The number of carboxylic acid groups (broad SMARTS) is 2. The zero-order chi connectivity index (χ0) is 27.1. The Hall–Kier alpha value is -3.03. The molecule has 0 saturated carbocycles. The van der Waals surface area contributed by atoms with E-state index in [1.165, 1.54) is 0 Å². The zero-order valence-corrected chi connectivity index (χ0v) is 21.4. The number of benzene rings is 2. The summed E-state index contributed by atoms with van der Waals surface area (Å²) < 4.78 is 0. The zero-order valence-electron chi connectivity index (χ0n) is 21.4. The largest absolute Gasteiger partial charge is 0.481 e. The third-order valence-corrected chi connectivity index (χ3v) is 6.88. The molecule has 0 saturated heterocycles. The fraction of sp³-hybridized carbons (Fsp3) is 0.483. The van der Waals surface area contributed by atoms with Gasteiger partial charge < -0.3 is 20.4 Å². The van der Waals surface area contributed by atoms with Crippen LogP contribution in [0.2, 0.25) is 0 Å². The van der Waals surface area contributed by atoms with E-state index in [1.807, 2.05) is 60.7 Å². The molecular weight excluding hydrogens is 460 g/mol. The minimum absolute atomic E-state index is 0.102. The van der Waals surface area contributed by atoms with Crippen LogP contribution in [0.1, 0.15) is 76.3 Å². The number of carbonyl (C=O) groups excluding carboxylic acids is 1. The number of ketones is 1. The SMILES string of the molecule is CC(C)(O)C(CCC(C(=O)O)C(=O)C(CCC(c1ccccc1)C(C)(C)O)C(=O)O)c1ccccc1. The highest BCUT2D eigenvalue weighted by molar-refractivity contribution is 6.07. The van der Waals surface area contributed by atoms with Crippen molar-refractivity contribution in [2.24, 2.45) is 11.8 Å². The molecule has 0 aliphatic carbocycles. The highest BCUT2D eigenvalue weighted by Crippen LogP contribution is 2.36. The van der Waals surface area contributed by atoms with E-state index in [0.717, 1.165) is 11.1 Å². The predicted molar refractivity (Wildman–Crippen MR) is 137 cm³/mol. The number of carbonyl (C=O) groups is 3. The second kappa shape index (κ2) is 12.3. The van der Waals surface area contributed by atoms with Gasteiger partial charge in [0, 0.05) is 11.8 Å². The lowest BCUT2D eigenvalue weighted by atomic mass is 9.76. The van der Waals surface area contributed by atoms with Crippen molar-refractivity contribution in [3.63, 3.8) is 0 Å². The molecule has 4 unspecified atom stereocenters. The number of hydrogen-bond acceptors (Lipinski definition) is 5. The lowest BCUT2D eigenvalue weighted by Crippen LogP contribution is -2.37. The van der Waals surface area contributed by atoms with Crippen LogP contribution in [0.3, 0.4) is 0 Å². The quantitative estimate of drug-likeness (QED) is 0.279. The molecular formula is C29H38O7. The number of aliphatic hydroxyl groups is 2. The third kappa shape index (κ3) is 8.00. The lowest BCUT2D eigenvalue weighted by molar-refractivity contribution is -0.153. The van der Waals surface area contributed by atoms with E-state index in [2.05, 4.69) is 0 Å². The van der Waals surface area contributed by atoms with Crippen molar-refractivity contribution in [3.8, 4) is 0 Å². The Balaban J connectivity index is 2.22. The van der Waals surface area contributed by atoms with E-state index in [1.54, 1.807) is 27.7 Å². The molecule has 2 aromatic carbocycles. The molecule has 7 nitrogen and oxygen atoms in total. The molecule has 0 aliphatic rings. The molecule has 0 amide bonds. The Labute approximate surface area is 212 Å². The van der Waals surface area contributed by atoms with Crippen molar-refractivity contribution >= 4 is 17.7 Å². The highest BCUT2D eigenvalue weighted by Gasteiger charge is 2.39. The van der Waals surface area contributed by atoms with Crippen molar-refractivity contribution in [3.05, 3.63) is 71.8 Å². The molecule has 4 atom stereocenters. The van der Waals surface area contributed by atoms with Crippen molar-refractivity contribution < 1.29 is 34.8 Å². The van der Waals surface area contributed by atoms with Crippen molar-refractivity contribution in [2.75, 3.05) is 0 Å². The molecule has 0 aromatic heterocycles. The predicted octanol–water partition coefficient (Wildman–Crippen LogP) is 4.63. The molecule has 0 bridgehead atoms. The van der Waals surface area contributed by atoms with Crippen LogP contribution in [0.25, 0.3) is 0 Å². The van der Waals surface area contributed by atoms with Crippen molar-refractivity contribution in [1.29, 1.82) is 0 Å². The average molecular weight is 499 g/mol. The Bertz CT molecular complexity index is 922. The van der Waals surface area contributed by atoms with Crippen LogP contribution in [0.5, 0.6) is 0 Å². The van der Waals surface area contributed by atoms with Gasteiger partial charge in [-0.15, -0.1) is 0 Å². The first kappa shape index (κ1) is 29.2. The molecule has 0 fully saturated rings. The van der Waals surface area contributed by atoms with Crippen LogP contribution < -0.4 is 0 Å². The van der Waals surface area contributed by atoms with E-state index in [0.29, 0.717) is 0 Å². The fourth-order valence-corrected chi connectivity index (χ4v) is 4.91. The molecule has 2 rings (SSSR count). The van der Waals surface area contributed by atoms with Gasteiger partial charge >= 0.3 is 11.9 Å². The normalized spacial score (nSPS) is 15.5. The third-order valence-electron chi connectivity index (χ3n) is 6.88. The molecule has 7 heteroatoms.